The third-order valence-corrected chi connectivity index (χ3v) is 2.79. The Bertz CT molecular complexity index is 325. The maximum atomic E-state index is 11.4. The summed E-state index contributed by atoms with van der Waals surface area (Å²) in [6.45, 7) is 6.04. The van der Waals surface area contributed by atoms with E-state index < -0.39 is 5.41 Å². The van der Waals surface area contributed by atoms with Gasteiger partial charge in [0.2, 0.25) is 0 Å². The molecule has 1 aromatic carbocycles. The van der Waals surface area contributed by atoms with Crippen molar-refractivity contribution < 1.29 is 4.79 Å². The van der Waals surface area contributed by atoms with E-state index in [-0.39, 0.29) is 5.78 Å². The topological polar surface area (TPSA) is 43.1 Å². The standard InChI is InChI=1S/C12H17NO/c1-9(14)12(2,3)11-6-4-10(8-13)5-7-11/h4-7H,8,13H2,1-3H3. The second kappa shape index (κ2) is 3.93. The van der Waals surface area contributed by atoms with E-state index in [1.807, 2.05) is 38.1 Å². The third kappa shape index (κ3) is 2.02. The smallest absolute Gasteiger partial charge is 0.139 e. The molecular weight excluding hydrogens is 174 g/mol. The van der Waals surface area contributed by atoms with Crippen molar-refractivity contribution >= 4 is 5.78 Å². The van der Waals surface area contributed by atoms with Gasteiger partial charge >= 0.3 is 0 Å². The Hall–Kier alpha value is -1.15. The highest BCUT2D eigenvalue weighted by Crippen LogP contribution is 2.24. The van der Waals surface area contributed by atoms with Crippen molar-refractivity contribution in [2.45, 2.75) is 32.7 Å². The summed E-state index contributed by atoms with van der Waals surface area (Å²) in [7, 11) is 0. The van der Waals surface area contributed by atoms with Gasteiger partial charge in [0.1, 0.15) is 5.78 Å². The Labute approximate surface area is 85.1 Å². The normalized spacial score (nSPS) is 11.4. The molecule has 0 aliphatic heterocycles. The lowest BCUT2D eigenvalue weighted by Crippen LogP contribution is -2.26. The Balaban J connectivity index is 3.02. The zero-order valence-corrected chi connectivity index (χ0v) is 9.00. The van der Waals surface area contributed by atoms with E-state index >= 15 is 0 Å². The third-order valence-electron chi connectivity index (χ3n) is 2.79. The number of carbonyl (C=O) groups is 1. The summed E-state index contributed by atoms with van der Waals surface area (Å²) < 4.78 is 0. The molecule has 0 bridgehead atoms. The quantitative estimate of drug-likeness (QED) is 0.794. The molecule has 1 rings (SSSR count). The van der Waals surface area contributed by atoms with Gasteiger partial charge in [-0.05, 0) is 31.9 Å². The van der Waals surface area contributed by atoms with Crippen LogP contribution >= 0.6 is 0 Å². The van der Waals surface area contributed by atoms with E-state index in [2.05, 4.69) is 0 Å². The van der Waals surface area contributed by atoms with Crippen molar-refractivity contribution in [3.63, 3.8) is 0 Å². The zero-order valence-electron chi connectivity index (χ0n) is 9.00. The summed E-state index contributed by atoms with van der Waals surface area (Å²) in [5.41, 5.74) is 7.24. The van der Waals surface area contributed by atoms with E-state index in [0.717, 1.165) is 11.1 Å². The Morgan fingerprint density at radius 3 is 2.14 bits per heavy atom. The molecule has 0 heterocycles. The fourth-order valence-electron chi connectivity index (χ4n) is 1.26. The monoisotopic (exact) mass is 191 g/mol. The Morgan fingerprint density at radius 2 is 1.79 bits per heavy atom. The summed E-state index contributed by atoms with van der Waals surface area (Å²) in [6.07, 6.45) is 0. The first-order valence-corrected chi connectivity index (χ1v) is 4.79. The first-order chi connectivity index (χ1) is 6.48. The molecule has 2 nitrogen and oxygen atoms in total. The van der Waals surface area contributed by atoms with Crippen LogP contribution in [0.15, 0.2) is 24.3 Å². The molecule has 1 aromatic rings. The average molecular weight is 191 g/mol. The van der Waals surface area contributed by atoms with Crippen LogP contribution in [0.4, 0.5) is 0 Å². The van der Waals surface area contributed by atoms with Gasteiger partial charge in [-0.25, -0.2) is 0 Å². The molecule has 0 atom stereocenters. The summed E-state index contributed by atoms with van der Waals surface area (Å²) >= 11 is 0. The number of benzene rings is 1. The van der Waals surface area contributed by atoms with Gasteiger partial charge in [-0.2, -0.15) is 0 Å². The summed E-state index contributed by atoms with van der Waals surface area (Å²) in [4.78, 5) is 11.4. The average Bonchev–Trinajstić information content (AvgIpc) is 2.17. The minimum absolute atomic E-state index is 0.179. The van der Waals surface area contributed by atoms with Gasteiger partial charge in [0.25, 0.3) is 0 Å². The van der Waals surface area contributed by atoms with Crippen molar-refractivity contribution in [3.8, 4) is 0 Å². The van der Waals surface area contributed by atoms with Crippen LogP contribution in [-0.4, -0.2) is 5.78 Å². The van der Waals surface area contributed by atoms with Crippen LogP contribution in [0.5, 0.6) is 0 Å². The Morgan fingerprint density at radius 1 is 1.29 bits per heavy atom. The lowest BCUT2D eigenvalue weighted by atomic mass is 9.81. The van der Waals surface area contributed by atoms with E-state index in [4.69, 9.17) is 5.73 Å². The van der Waals surface area contributed by atoms with Crippen LogP contribution < -0.4 is 5.73 Å². The number of rotatable bonds is 3. The number of nitrogens with two attached hydrogens (primary N) is 1. The molecule has 0 fully saturated rings. The molecule has 76 valence electrons. The number of ketones is 1. The van der Waals surface area contributed by atoms with Crippen LogP contribution in [0.3, 0.4) is 0 Å². The van der Waals surface area contributed by atoms with Gasteiger partial charge in [0.15, 0.2) is 0 Å². The lowest BCUT2D eigenvalue weighted by molar-refractivity contribution is -0.121. The van der Waals surface area contributed by atoms with Crippen LogP contribution in [0, 0.1) is 0 Å². The number of carbonyl (C=O) groups excluding carboxylic acids is 1. The van der Waals surface area contributed by atoms with E-state index in [1.165, 1.54) is 0 Å². The number of hydrogen-bond acceptors (Lipinski definition) is 2. The van der Waals surface area contributed by atoms with Crippen molar-refractivity contribution in [1.29, 1.82) is 0 Å². The predicted molar refractivity (Wildman–Crippen MR) is 58.0 cm³/mol. The summed E-state index contributed by atoms with van der Waals surface area (Å²) in [5.74, 6) is 0.179. The molecule has 0 spiro atoms. The van der Waals surface area contributed by atoms with Crippen molar-refractivity contribution in [1.82, 2.24) is 0 Å². The molecule has 0 aliphatic rings. The first kappa shape index (κ1) is 10.9. The molecule has 0 saturated heterocycles. The van der Waals surface area contributed by atoms with E-state index in [9.17, 15) is 4.79 Å². The molecule has 0 unspecified atom stereocenters. The van der Waals surface area contributed by atoms with Crippen molar-refractivity contribution in [3.05, 3.63) is 35.4 Å². The highest BCUT2D eigenvalue weighted by atomic mass is 16.1. The molecule has 0 saturated carbocycles. The Kier molecular flexibility index (Phi) is 3.06. The molecule has 0 radical (unpaired) electrons. The van der Waals surface area contributed by atoms with Crippen LogP contribution in [-0.2, 0) is 16.8 Å². The SMILES string of the molecule is CC(=O)C(C)(C)c1ccc(CN)cc1. The van der Waals surface area contributed by atoms with Gasteiger partial charge < -0.3 is 5.73 Å². The summed E-state index contributed by atoms with van der Waals surface area (Å²) in [5, 5.41) is 0. The van der Waals surface area contributed by atoms with Crippen LogP contribution in [0.1, 0.15) is 31.9 Å². The van der Waals surface area contributed by atoms with Crippen molar-refractivity contribution in [2.24, 2.45) is 5.73 Å². The van der Waals surface area contributed by atoms with Crippen LogP contribution in [0.2, 0.25) is 0 Å². The zero-order chi connectivity index (χ0) is 10.8. The lowest BCUT2D eigenvalue weighted by Gasteiger charge is -2.21. The molecule has 14 heavy (non-hydrogen) atoms. The number of hydrogen-bond donors (Lipinski definition) is 1. The summed E-state index contributed by atoms with van der Waals surface area (Å²) in [6, 6.07) is 7.90. The maximum Gasteiger partial charge on any atom is 0.139 e. The molecule has 0 aliphatic carbocycles. The first-order valence-electron chi connectivity index (χ1n) is 4.79. The van der Waals surface area contributed by atoms with E-state index in [1.54, 1.807) is 6.92 Å². The minimum atomic E-state index is -0.396. The second-order valence-electron chi connectivity index (χ2n) is 4.08. The van der Waals surface area contributed by atoms with Crippen LogP contribution in [0.25, 0.3) is 0 Å². The van der Waals surface area contributed by atoms with Gasteiger partial charge in [0.05, 0.1) is 0 Å². The molecule has 0 amide bonds. The van der Waals surface area contributed by atoms with Gasteiger partial charge in [-0.15, -0.1) is 0 Å². The molecule has 0 aromatic heterocycles. The highest BCUT2D eigenvalue weighted by Gasteiger charge is 2.25. The van der Waals surface area contributed by atoms with Gasteiger partial charge in [0, 0.05) is 12.0 Å². The van der Waals surface area contributed by atoms with E-state index in [0.29, 0.717) is 6.54 Å². The fraction of sp³-hybridized carbons (Fsp3) is 0.417. The fourth-order valence-corrected chi connectivity index (χ4v) is 1.26. The van der Waals surface area contributed by atoms with Gasteiger partial charge in [-0.3, -0.25) is 4.79 Å². The second-order valence-corrected chi connectivity index (χ2v) is 4.08. The largest absolute Gasteiger partial charge is 0.326 e. The van der Waals surface area contributed by atoms with Gasteiger partial charge in [-0.1, -0.05) is 24.3 Å². The molecular formula is C12H17NO. The van der Waals surface area contributed by atoms with Crippen molar-refractivity contribution in [2.75, 3.05) is 0 Å². The predicted octanol–water partition coefficient (Wildman–Crippen LogP) is 2.01. The maximum absolute atomic E-state index is 11.4. The number of Topliss-reactive ketones (excluding diaryl/α,β-unsaturated/α-hetero) is 1. The molecule has 2 N–H and O–H groups in total. The molecule has 2 heteroatoms. The minimum Gasteiger partial charge on any atom is -0.326 e. The highest BCUT2D eigenvalue weighted by molar-refractivity contribution is 5.87.